The summed E-state index contributed by atoms with van der Waals surface area (Å²) >= 11 is 0. The standard InChI is InChI=1S/C19H29N3.2ClH/c1-15(20)19-9-8-18(14-17(19)7-6-16-4-5-16)22-11-3-10-21(2)12-13-22;;/h6-9,14-16H,3-5,10-13,20H2,1-2H3;2*1H/b7-6+;;/t15-;;/m0../s1. The van der Waals surface area contributed by atoms with Gasteiger partial charge in [0.25, 0.3) is 0 Å². The second-order valence-corrected chi connectivity index (χ2v) is 6.94. The van der Waals surface area contributed by atoms with Crippen LogP contribution in [0.2, 0.25) is 0 Å². The number of likely N-dealkylation sites (N-methyl/N-ethyl adjacent to an activating group) is 1. The van der Waals surface area contributed by atoms with E-state index in [1.54, 1.807) is 0 Å². The molecule has 0 radical (unpaired) electrons. The average Bonchev–Trinajstić information content (AvgIpc) is 3.32. The predicted molar refractivity (Wildman–Crippen MR) is 110 cm³/mol. The van der Waals surface area contributed by atoms with E-state index in [9.17, 15) is 0 Å². The third-order valence-corrected chi connectivity index (χ3v) is 4.82. The molecule has 0 unspecified atom stereocenters. The van der Waals surface area contributed by atoms with E-state index in [0.717, 1.165) is 25.6 Å². The molecule has 1 heterocycles. The van der Waals surface area contributed by atoms with Gasteiger partial charge in [-0.15, -0.1) is 24.8 Å². The highest BCUT2D eigenvalue weighted by Gasteiger charge is 2.18. The van der Waals surface area contributed by atoms with Crippen molar-refractivity contribution >= 4 is 36.6 Å². The minimum Gasteiger partial charge on any atom is -0.370 e. The summed E-state index contributed by atoms with van der Waals surface area (Å²) in [6.07, 6.45) is 8.59. The summed E-state index contributed by atoms with van der Waals surface area (Å²) < 4.78 is 0. The molecule has 1 atom stereocenters. The van der Waals surface area contributed by atoms with Crippen LogP contribution in [-0.2, 0) is 0 Å². The molecule has 0 aromatic heterocycles. The fourth-order valence-electron chi connectivity index (χ4n) is 3.15. The number of benzene rings is 1. The first-order chi connectivity index (χ1) is 10.6. The van der Waals surface area contributed by atoms with Crippen molar-refractivity contribution in [3.8, 4) is 0 Å². The lowest BCUT2D eigenvalue weighted by atomic mass is 10.00. The fourth-order valence-corrected chi connectivity index (χ4v) is 3.15. The van der Waals surface area contributed by atoms with Gasteiger partial charge in [-0.2, -0.15) is 0 Å². The largest absolute Gasteiger partial charge is 0.370 e. The van der Waals surface area contributed by atoms with Gasteiger partial charge in [0, 0.05) is 31.4 Å². The summed E-state index contributed by atoms with van der Waals surface area (Å²) in [5, 5.41) is 0. The average molecular weight is 372 g/mol. The van der Waals surface area contributed by atoms with Gasteiger partial charge in [0.1, 0.15) is 0 Å². The first kappa shape index (κ1) is 21.3. The molecule has 2 N–H and O–H groups in total. The van der Waals surface area contributed by atoms with Crippen LogP contribution in [0.4, 0.5) is 5.69 Å². The van der Waals surface area contributed by atoms with Crippen LogP contribution in [0.25, 0.3) is 6.08 Å². The number of rotatable bonds is 4. The first-order valence-electron chi connectivity index (χ1n) is 8.64. The van der Waals surface area contributed by atoms with Crippen LogP contribution in [0, 0.1) is 5.92 Å². The second kappa shape index (κ2) is 9.67. The monoisotopic (exact) mass is 371 g/mol. The van der Waals surface area contributed by atoms with Gasteiger partial charge in [0.15, 0.2) is 0 Å². The van der Waals surface area contributed by atoms with Crippen LogP contribution in [0.3, 0.4) is 0 Å². The van der Waals surface area contributed by atoms with E-state index >= 15 is 0 Å². The Hall–Kier alpha value is -0.740. The van der Waals surface area contributed by atoms with Crippen LogP contribution in [0.5, 0.6) is 0 Å². The first-order valence-corrected chi connectivity index (χ1v) is 8.64. The van der Waals surface area contributed by atoms with E-state index in [1.165, 1.54) is 42.6 Å². The smallest absolute Gasteiger partial charge is 0.0372 e. The van der Waals surface area contributed by atoms with Crippen LogP contribution >= 0.6 is 24.8 Å². The second-order valence-electron chi connectivity index (χ2n) is 6.94. The normalized spacial score (nSPS) is 20.2. The molecule has 136 valence electrons. The van der Waals surface area contributed by atoms with E-state index in [2.05, 4.69) is 54.1 Å². The molecular formula is C19H31Cl2N3. The molecule has 1 aromatic rings. The van der Waals surface area contributed by atoms with E-state index in [-0.39, 0.29) is 30.9 Å². The van der Waals surface area contributed by atoms with Crippen LogP contribution in [0.15, 0.2) is 24.3 Å². The Morgan fingerprint density at radius 2 is 1.88 bits per heavy atom. The Balaban J connectivity index is 0.00000144. The van der Waals surface area contributed by atoms with Crippen molar-refractivity contribution < 1.29 is 0 Å². The van der Waals surface area contributed by atoms with Gasteiger partial charge in [-0.05, 0) is 69.0 Å². The van der Waals surface area contributed by atoms with Crippen molar-refractivity contribution in [3.63, 3.8) is 0 Å². The molecule has 3 rings (SSSR count). The third-order valence-electron chi connectivity index (χ3n) is 4.82. The molecule has 0 spiro atoms. The topological polar surface area (TPSA) is 32.5 Å². The molecule has 3 nitrogen and oxygen atoms in total. The minimum absolute atomic E-state index is 0. The molecule has 5 heteroatoms. The van der Waals surface area contributed by atoms with Crippen molar-refractivity contribution in [1.29, 1.82) is 0 Å². The van der Waals surface area contributed by atoms with Gasteiger partial charge in [0.2, 0.25) is 0 Å². The summed E-state index contributed by atoms with van der Waals surface area (Å²) in [5.41, 5.74) is 10.1. The molecule has 24 heavy (non-hydrogen) atoms. The number of hydrogen-bond acceptors (Lipinski definition) is 3. The highest BCUT2D eigenvalue weighted by atomic mass is 35.5. The van der Waals surface area contributed by atoms with Crippen molar-refractivity contribution in [3.05, 3.63) is 35.4 Å². The number of nitrogens with zero attached hydrogens (tertiary/aromatic N) is 2. The Morgan fingerprint density at radius 1 is 1.12 bits per heavy atom. The molecule has 1 aromatic carbocycles. The van der Waals surface area contributed by atoms with E-state index in [0.29, 0.717) is 0 Å². The van der Waals surface area contributed by atoms with Crippen LogP contribution < -0.4 is 10.6 Å². The van der Waals surface area contributed by atoms with Gasteiger partial charge in [0.05, 0.1) is 0 Å². The van der Waals surface area contributed by atoms with Crippen molar-refractivity contribution in [2.45, 2.75) is 32.2 Å². The zero-order chi connectivity index (χ0) is 15.5. The van der Waals surface area contributed by atoms with E-state index in [4.69, 9.17) is 5.73 Å². The summed E-state index contributed by atoms with van der Waals surface area (Å²) in [7, 11) is 2.21. The van der Waals surface area contributed by atoms with Crippen LogP contribution in [-0.4, -0.2) is 38.1 Å². The fraction of sp³-hybridized carbons (Fsp3) is 0.579. The van der Waals surface area contributed by atoms with Gasteiger partial charge < -0.3 is 15.5 Å². The summed E-state index contributed by atoms with van der Waals surface area (Å²) in [4.78, 5) is 4.94. The highest BCUT2D eigenvalue weighted by molar-refractivity contribution is 5.85. The minimum atomic E-state index is 0. The Kier molecular flexibility index (Phi) is 8.58. The SMILES string of the molecule is C[C@H](N)c1ccc(N2CCCN(C)CC2)cc1/C=C/C1CC1.Cl.Cl. The van der Waals surface area contributed by atoms with E-state index in [1.807, 2.05) is 0 Å². The maximum atomic E-state index is 6.15. The number of hydrogen-bond donors (Lipinski definition) is 1. The maximum Gasteiger partial charge on any atom is 0.0372 e. The quantitative estimate of drug-likeness (QED) is 0.863. The lowest BCUT2D eigenvalue weighted by molar-refractivity contribution is 0.360. The number of halogens is 2. The summed E-state index contributed by atoms with van der Waals surface area (Å²) in [6.45, 7) is 6.67. The van der Waals surface area contributed by atoms with Gasteiger partial charge in [-0.25, -0.2) is 0 Å². The molecule has 1 aliphatic carbocycles. The van der Waals surface area contributed by atoms with E-state index < -0.39 is 0 Å². The maximum absolute atomic E-state index is 6.15. The molecular weight excluding hydrogens is 341 g/mol. The Bertz CT molecular complexity index is 541. The molecule has 1 aliphatic heterocycles. The van der Waals surface area contributed by atoms with Crippen molar-refractivity contribution in [2.75, 3.05) is 38.1 Å². The number of allylic oxidation sites excluding steroid dienone is 1. The lowest BCUT2D eigenvalue weighted by Crippen LogP contribution is -2.28. The van der Waals surface area contributed by atoms with Gasteiger partial charge in [-0.1, -0.05) is 18.2 Å². The molecule has 2 fully saturated rings. The number of anilines is 1. The molecule has 1 saturated carbocycles. The Morgan fingerprint density at radius 3 is 2.54 bits per heavy atom. The molecule has 0 bridgehead atoms. The van der Waals surface area contributed by atoms with Crippen molar-refractivity contribution in [2.24, 2.45) is 11.7 Å². The van der Waals surface area contributed by atoms with Crippen LogP contribution in [0.1, 0.15) is 43.4 Å². The highest BCUT2D eigenvalue weighted by Crippen LogP contribution is 2.32. The third kappa shape index (κ3) is 5.66. The zero-order valence-electron chi connectivity index (χ0n) is 14.8. The summed E-state index contributed by atoms with van der Waals surface area (Å²) in [6, 6.07) is 6.89. The lowest BCUT2D eigenvalue weighted by Gasteiger charge is -2.24. The molecule has 2 aliphatic rings. The zero-order valence-corrected chi connectivity index (χ0v) is 16.4. The molecule has 1 saturated heterocycles. The number of nitrogens with two attached hydrogens (primary N) is 1. The van der Waals surface area contributed by atoms with Gasteiger partial charge >= 0.3 is 0 Å². The Labute approximate surface area is 159 Å². The summed E-state index contributed by atoms with van der Waals surface area (Å²) in [5.74, 6) is 0.802. The van der Waals surface area contributed by atoms with Gasteiger partial charge in [-0.3, -0.25) is 0 Å². The predicted octanol–water partition coefficient (Wildman–Crippen LogP) is 4.12. The van der Waals surface area contributed by atoms with Crippen molar-refractivity contribution in [1.82, 2.24) is 4.90 Å². The molecule has 0 amide bonds.